The van der Waals surface area contributed by atoms with E-state index in [4.69, 9.17) is 11.6 Å². The third kappa shape index (κ3) is 8.76. The van der Waals surface area contributed by atoms with Crippen molar-refractivity contribution in [2.24, 2.45) is 0 Å². The summed E-state index contributed by atoms with van der Waals surface area (Å²) in [5.41, 5.74) is 4.29. The van der Waals surface area contributed by atoms with Gasteiger partial charge in [-0.2, -0.15) is 4.98 Å². The monoisotopic (exact) mass is 592 g/mol. The fraction of sp³-hybridized carbons (Fsp3) is 0.281. The van der Waals surface area contributed by atoms with Gasteiger partial charge in [0, 0.05) is 42.2 Å². The third-order valence-electron chi connectivity index (χ3n) is 6.45. The number of carbonyl (C=O) groups excluding carboxylic acids is 1. The molecule has 0 saturated carbocycles. The minimum atomic E-state index is -0.310. The van der Waals surface area contributed by atoms with Crippen LogP contribution in [-0.4, -0.2) is 45.9 Å². The average molecular weight is 593 g/mol. The molecule has 0 aliphatic heterocycles. The van der Waals surface area contributed by atoms with E-state index in [0.29, 0.717) is 41.1 Å². The highest BCUT2D eigenvalue weighted by Crippen LogP contribution is 2.24. The Morgan fingerprint density at radius 1 is 0.927 bits per heavy atom. The summed E-state index contributed by atoms with van der Waals surface area (Å²) in [7, 11) is 3.76. The molecule has 0 spiro atoms. The van der Waals surface area contributed by atoms with Crippen molar-refractivity contribution in [3.63, 3.8) is 0 Å². The summed E-state index contributed by atoms with van der Waals surface area (Å²) < 4.78 is 15.1. The van der Waals surface area contributed by atoms with Gasteiger partial charge in [-0.15, -0.1) is 0 Å². The molecule has 4 rings (SSSR count). The van der Waals surface area contributed by atoms with Crippen LogP contribution in [0.3, 0.4) is 0 Å². The largest absolute Gasteiger partial charge is 0.337 e. The Morgan fingerprint density at radius 3 is 2.15 bits per heavy atom. The van der Waals surface area contributed by atoms with Crippen molar-refractivity contribution >= 4 is 29.3 Å². The summed E-state index contributed by atoms with van der Waals surface area (Å²) >= 11 is 7.38. The molecule has 6 nitrogen and oxygen atoms in total. The zero-order valence-corrected chi connectivity index (χ0v) is 25.1. The fourth-order valence-electron chi connectivity index (χ4n) is 4.40. The fourth-order valence-corrected chi connectivity index (χ4v) is 5.45. The maximum atomic E-state index is 13.6. The van der Waals surface area contributed by atoms with E-state index in [1.807, 2.05) is 67.2 Å². The number of thioether (sulfide) groups is 1. The molecule has 0 bridgehead atoms. The second-order valence-electron chi connectivity index (χ2n) is 10.2. The Morgan fingerprint density at radius 2 is 1.54 bits per heavy atom. The first-order chi connectivity index (χ1) is 19.7. The summed E-state index contributed by atoms with van der Waals surface area (Å²) in [5.74, 6) is 0.133. The molecule has 0 fully saturated rings. The Bertz CT molecular complexity index is 1510. The summed E-state index contributed by atoms with van der Waals surface area (Å²) in [6.45, 7) is 3.60. The van der Waals surface area contributed by atoms with Crippen LogP contribution < -0.4 is 5.56 Å². The van der Waals surface area contributed by atoms with Crippen molar-refractivity contribution in [3.8, 4) is 11.1 Å². The third-order valence-corrected chi connectivity index (χ3v) is 7.77. The van der Waals surface area contributed by atoms with Crippen LogP contribution >= 0.6 is 23.4 Å². The van der Waals surface area contributed by atoms with E-state index in [1.54, 1.807) is 22.9 Å². The number of halogens is 2. The number of nitrogens with zero attached hydrogens (tertiary/aromatic N) is 4. The molecule has 41 heavy (non-hydrogen) atoms. The molecule has 0 unspecified atom stereocenters. The van der Waals surface area contributed by atoms with Crippen LogP contribution in [0.25, 0.3) is 11.1 Å². The van der Waals surface area contributed by atoms with Crippen molar-refractivity contribution in [2.45, 2.75) is 43.9 Å². The summed E-state index contributed by atoms with van der Waals surface area (Å²) in [5, 5.41) is 1.15. The number of aromatic nitrogens is 2. The molecule has 0 N–H and O–H groups in total. The van der Waals surface area contributed by atoms with Gasteiger partial charge in [-0.3, -0.25) is 9.59 Å². The Labute approximate surface area is 249 Å². The molecule has 3 aromatic carbocycles. The zero-order chi connectivity index (χ0) is 29.4. The first kappa shape index (κ1) is 30.5. The second-order valence-corrected chi connectivity index (χ2v) is 11.5. The highest BCUT2D eigenvalue weighted by Gasteiger charge is 2.18. The van der Waals surface area contributed by atoms with Gasteiger partial charge in [0.25, 0.3) is 5.56 Å². The first-order valence-corrected chi connectivity index (χ1v) is 14.8. The molecular weight excluding hydrogens is 559 g/mol. The van der Waals surface area contributed by atoms with Crippen LogP contribution in [0.1, 0.15) is 30.0 Å². The molecular formula is C32H34ClFN4O2S. The number of benzene rings is 3. The average Bonchev–Trinajstić information content (AvgIpc) is 2.95. The number of hydrogen-bond acceptors (Lipinski definition) is 5. The van der Waals surface area contributed by atoms with E-state index in [2.05, 4.69) is 17.1 Å². The van der Waals surface area contributed by atoms with Gasteiger partial charge >= 0.3 is 0 Å². The number of carbonyl (C=O) groups is 1. The van der Waals surface area contributed by atoms with E-state index in [0.717, 1.165) is 28.7 Å². The van der Waals surface area contributed by atoms with E-state index in [-0.39, 0.29) is 23.8 Å². The number of amides is 1. The maximum absolute atomic E-state index is 13.6. The standard InChI is InChI=1S/C32H34ClFN4O2S/c1-4-17-37(18-23-5-9-25(10-6-23)26-11-13-28(33)14-12-26)30(39)21-38-20-27(19-36(2)3)31(40)35-32(38)41-22-24-7-15-29(34)16-8-24/h5-16,20H,4,17-19,21-22H2,1-3H3. The van der Waals surface area contributed by atoms with Crippen LogP contribution in [0, 0.1) is 5.82 Å². The molecule has 0 aliphatic rings. The highest BCUT2D eigenvalue weighted by molar-refractivity contribution is 7.98. The van der Waals surface area contributed by atoms with Crippen molar-refractivity contribution < 1.29 is 9.18 Å². The van der Waals surface area contributed by atoms with Gasteiger partial charge in [-0.25, -0.2) is 4.39 Å². The lowest BCUT2D eigenvalue weighted by atomic mass is 10.0. The van der Waals surface area contributed by atoms with Crippen molar-refractivity contribution in [3.05, 3.63) is 117 Å². The molecule has 0 atom stereocenters. The van der Waals surface area contributed by atoms with E-state index in [9.17, 15) is 14.0 Å². The highest BCUT2D eigenvalue weighted by atomic mass is 35.5. The lowest BCUT2D eigenvalue weighted by Gasteiger charge is -2.24. The lowest BCUT2D eigenvalue weighted by Crippen LogP contribution is -2.35. The summed E-state index contributed by atoms with van der Waals surface area (Å²) in [4.78, 5) is 34.5. The Hall–Kier alpha value is -3.46. The maximum Gasteiger partial charge on any atom is 0.278 e. The van der Waals surface area contributed by atoms with Crippen molar-refractivity contribution in [2.75, 3.05) is 20.6 Å². The van der Waals surface area contributed by atoms with E-state index >= 15 is 0 Å². The SMILES string of the molecule is CCCN(Cc1ccc(-c2ccc(Cl)cc2)cc1)C(=O)Cn1cc(CN(C)C)c(=O)nc1SCc1ccc(F)cc1. The molecule has 9 heteroatoms. The predicted octanol–water partition coefficient (Wildman–Crippen LogP) is 6.50. The van der Waals surface area contributed by atoms with Gasteiger partial charge in [0.05, 0.1) is 0 Å². The van der Waals surface area contributed by atoms with E-state index in [1.165, 1.54) is 23.9 Å². The molecule has 0 radical (unpaired) electrons. The Balaban J connectivity index is 1.53. The van der Waals surface area contributed by atoms with Gasteiger partial charge < -0.3 is 14.4 Å². The first-order valence-electron chi connectivity index (χ1n) is 13.5. The minimum absolute atomic E-state index is 0.0569. The van der Waals surface area contributed by atoms with Gasteiger partial charge in [0.2, 0.25) is 5.91 Å². The summed E-state index contributed by atoms with van der Waals surface area (Å²) in [6, 6.07) is 22.1. The molecule has 1 amide bonds. The quantitative estimate of drug-likeness (QED) is 0.139. The van der Waals surface area contributed by atoms with E-state index < -0.39 is 0 Å². The number of hydrogen-bond donors (Lipinski definition) is 0. The number of rotatable bonds is 12. The van der Waals surface area contributed by atoms with Crippen LogP contribution in [0.5, 0.6) is 0 Å². The molecule has 0 aliphatic carbocycles. The van der Waals surface area contributed by atoms with Crippen molar-refractivity contribution in [1.82, 2.24) is 19.4 Å². The zero-order valence-electron chi connectivity index (χ0n) is 23.5. The normalized spacial score (nSPS) is 11.2. The lowest BCUT2D eigenvalue weighted by molar-refractivity contribution is -0.132. The topological polar surface area (TPSA) is 58.4 Å². The van der Waals surface area contributed by atoms with Gasteiger partial charge in [0.15, 0.2) is 5.16 Å². The van der Waals surface area contributed by atoms with Gasteiger partial charge in [-0.05, 0) is 67.0 Å². The molecule has 214 valence electrons. The molecule has 1 aromatic heterocycles. The molecule has 1 heterocycles. The smallest absolute Gasteiger partial charge is 0.278 e. The minimum Gasteiger partial charge on any atom is -0.337 e. The van der Waals surface area contributed by atoms with Crippen LogP contribution in [0.4, 0.5) is 4.39 Å². The van der Waals surface area contributed by atoms with Crippen LogP contribution in [0.15, 0.2) is 88.9 Å². The predicted molar refractivity (Wildman–Crippen MR) is 164 cm³/mol. The van der Waals surface area contributed by atoms with Gasteiger partial charge in [0.1, 0.15) is 12.4 Å². The second kappa shape index (κ2) is 14.4. The van der Waals surface area contributed by atoms with Crippen molar-refractivity contribution in [1.29, 1.82) is 0 Å². The molecule has 4 aromatic rings. The van der Waals surface area contributed by atoms with Crippen LogP contribution in [0.2, 0.25) is 5.02 Å². The molecule has 0 saturated heterocycles. The summed E-state index contributed by atoms with van der Waals surface area (Å²) in [6.07, 6.45) is 2.56. The Kier molecular flexibility index (Phi) is 10.7. The van der Waals surface area contributed by atoms with Crippen LogP contribution in [-0.2, 0) is 30.2 Å². The van der Waals surface area contributed by atoms with Gasteiger partial charge in [-0.1, -0.05) is 78.8 Å².